The summed E-state index contributed by atoms with van der Waals surface area (Å²) >= 11 is 0. The molecule has 0 spiro atoms. The molecule has 3 rings (SSSR count). The Kier molecular flexibility index (Phi) is 7.14. The molecule has 1 aromatic heterocycles. The number of benzene rings is 1. The number of imidazole rings is 1. The second kappa shape index (κ2) is 9.53. The first-order chi connectivity index (χ1) is 15.4. The van der Waals surface area contributed by atoms with Gasteiger partial charge in [0.1, 0.15) is 6.54 Å². The van der Waals surface area contributed by atoms with Crippen molar-refractivity contribution in [2.24, 2.45) is 11.1 Å². The van der Waals surface area contributed by atoms with Gasteiger partial charge in [0.2, 0.25) is 11.8 Å². The highest BCUT2D eigenvalue weighted by Gasteiger charge is 2.29. The zero-order chi connectivity index (χ0) is 24.5. The van der Waals surface area contributed by atoms with Gasteiger partial charge in [-0.15, -0.1) is 0 Å². The maximum absolute atomic E-state index is 13.4. The molecule has 0 aliphatic heterocycles. The van der Waals surface area contributed by atoms with Crippen molar-refractivity contribution < 1.29 is 14.4 Å². The standard InChI is InChI=1S/C25H36N4O4/c1-16-11-19-20(12-17(16)2)29(24(33)28(19)13-21(30)25(3,4)5)15-23(32)27(14-22(26)31)18-9-7-6-8-10-18/h11-12,18H,6-10,13-15H2,1-5H3,(H2,26,31). The number of carbonyl (C=O) groups excluding carboxylic acids is 3. The first-order valence-electron chi connectivity index (χ1n) is 11.7. The predicted molar refractivity (Wildman–Crippen MR) is 128 cm³/mol. The number of aryl methyl sites for hydroxylation is 2. The van der Waals surface area contributed by atoms with E-state index in [0.29, 0.717) is 11.0 Å². The van der Waals surface area contributed by atoms with Gasteiger partial charge in [-0.2, -0.15) is 0 Å². The van der Waals surface area contributed by atoms with Crippen molar-refractivity contribution in [3.8, 4) is 0 Å². The molecule has 1 saturated carbocycles. The van der Waals surface area contributed by atoms with Gasteiger partial charge in [-0.05, 0) is 49.9 Å². The van der Waals surface area contributed by atoms with Crippen molar-refractivity contribution in [2.75, 3.05) is 6.54 Å². The number of aromatic nitrogens is 2. The summed E-state index contributed by atoms with van der Waals surface area (Å²) in [6, 6.07) is 3.73. The minimum atomic E-state index is -0.595. The van der Waals surface area contributed by atoms with Crippen LogP contribution in [0.2, 0.25) is 0 Å². The average molecular weight is 457 g/mol. The average Bonchev–Trinajstić information content (AvgIpc) is 2.97. The number of primary amides is 1. The summed E-state index contributed by atoms with van der Waals surface area (Å²) in [5, 5.41) is 0. The van der Waals surface area contributed by atoms with Crippen LogP contribution < -0.4 is 11.4 Å². The molecule has 1 aliphatic carbocycles. The van der Waals surface area contributed by atoms with Crippen LogP contribution in [-0.2, 0) is 27.5 Å². The number of fused-ring (bicyclic) bond motifs is 1. The second-order valence-electron chi connectivity index (χ2n) is 10.3. The van der Waals surface area contributed by atoms with Crippen LogP contribution in [0.1, 0.15) is 64.0 Å². The molecular weight excluding hydrogens is 420 g/mol. The lowest BCUT2D eigenvalue weighted by atomic mass is 9.91. The van der Waals surface area contributed by atoms with Crippen LogP contribution in [0.15, 0.2) is 16.9 Å². The Hall–Kier alpha value is -2.90. The molecule has 0 radical (unpaired) electrons. The number of amides is 2. The Morgan fingerprint density at radius 3 is 1.97 bits per heavy atom. The van der Waals surface area contributed by atoms with Crippen LogP contribution in [0.5, 0.6) is 0 Å². The van der Waals surface area contributed by atoms with Crippen molar-refractivity contribution in [1.82, 2.24) is 14.0 Å². The van der Waals surface area contributed by atoms with Gasteiger partial charge in [-0.25, -0.2) is 4.79 Å². The van der Waals surface area contributed by atoms with Crippen molar-refractivity contribution in [3.05, 3.63) is 33.7 Å². The fraction of sp³-hybridized carbons (Fsp3) is 0.600. The Morgan fingerprint density at radius 2 is 1.48 bits per heavy atom. The largest absolute Gasteiger partial charge is 0.368 e. The van der Waals surface area contributed by atoms with Gasteiger partial charge >= 0.3 is 5.69 Å². The van der Waals surface area contributed by atoms with E-state index in [9.17, 15) is 19.2 Å². The summed E-state index contributed by atoms with van der Waals surface area (Å²) in [6.07, 6.45) is 4.77. The van der Waals surface area contributed by atoms with Crippen LogP contribution in [-0.4, -0.2) is 44.2 Å². The zero-order valence-corrected chi connectivity index (χ0v) is 20.4. The molecule has 1 aromatic carbocycles. The molecule has 8 nitrogen and oxygen atoms in total. The summed E-state index contributed by atoms with van der Waals surface area (Å²) in [5.41, 5.74) is 7.69. The number of Topliss-reactive ketones (excluding diaryl/α,β-unsaturated/α-hetero) is 1. The SMILES string of the molecule is Cc1cc2c(cc1C)n(CC(=O)C(C)(C)C)c(=O)n2CC(=O)N(CC(N)=O)C1CCCCC1. The quantitative estimate of drug-likeness (QED) is 0.691. The number of ketones is 1. The molecule has 33 heavy (non-hydrogen) atoms. The van der Waals surface area contributed by atoms with E-state index >= 15 is 0 Å². The molecule has 180 valence electrons. The van der Waals surface area contributed by atoms with Crippen molar-refractivity contribution >= 4 is 28.6 Å². The molecule has 0 unspecified atom stereocenters. The van der Waals surface area contributed by atoms with Gasteiger partial charge in [0.15, 0.2) is 5.78 Å². The normalized spacial score (nSPS) is 15.1. The minimum Gasteiger partial charge on any atom is -0.368 e. The van der Waals surface area contributed by atoms with E-state index in [1.54, 1.807) is 4.90 Å². The van der Waals surface area contributed by atoms with Crippen molar-refractivity contribution in [2.45, 2.75) is 85.9 Å². The van der Waals surface area contributed by atoms with Crippen LogP contribution in [0.3, 0.4) is 0 Å². The summed E-state index contributed by atoms with van der Waals surface area (Å²) in [5.74, 6) is -0.932. The van der Waals surface area contributed by atoms with Crippen molar-refractivity contribution in [1.29, 1.82) is 0 Å². The topological polar surface area (TPSA) is 107 Å². The third-order valence-corrected chi connectivity index (χ3v) is 6.73. The van der Waals surface area contributed by atoms with E-state index in [2.05, 4.69) is 0 Å². The molecule has 0 saturated heterocycles. The Bertz CT molecular complexity index is 1130. The molecule has 1 aliphatic rings. The summed E-state index contributed by atoms with van der Waals surface area (Å²) in [7, 11) is 0. The molecule has 2 amide bonds. The number of hydrogen-bond acceptors (Lipinski definition) is 4. The number of carbonyl (C=O) groups is 3. The smallest absolute Gasteiger partial charge is 0.330 e. The zero-order valence-electron chi connectivity index (χ0n) is 20.4. The highest BCUT2D eigenvalue weighted by Crippen LogP contribution is 2.24. The van der Waals surface area contributed by atoms with Gasteiger partial charge in [-0.3, -0.25) is 23.5 Å². The predicted octanol–water partition coefficient (Wildman–Crippen LogP) is 2.68. The van der Waals surface area contributed by atoms with Crippen LogP contribution in [0.4, 0.5) is 0 Å². The van der Waals surface area contributed by atoms with E-state index in [4.69, 9.17) is 5.73 Å². The van der Waals surface area contributed by atoms with Gasteiger partial charge in [0, 0.05) is 11.5 Å². The fourth-order valence-electron chi connectivity index (χ4n) is 4.46. The van der Waals surface area contributed by atoms with Crippen molar-refractivity contribution in [3.63, 3.8) is 0 Å². The molecule has 2 N–H and O–H groups in total. The first-order valence-corrected chi connectivity index (χ1v) is 11.7. The Balaban J connectivity index is 2.04. The fourth-order valence-corrected chi connectivity index (χ4v) is 4.46. The van der Waals surface area contributed by atoms with E-state index in [1.165, 1.54) is 9.13 Å². The van der Waals surface area contributed by atoms with E-state index in [-0.39, 0.29) is 37.4 Å². The van der Waals surface area contributed by atoms with Gasteiger partial charge in [-0.1, -0.05) is 40.0 Å². The third kappa shape index (κ3) is 5.37. The van der Waals surface area contributed by atoms with Crippen LogP contribution in [0, 0.1) is 19.3 Å². The molecule has 0 bridgehead atoms. The highest BCUT2D eigenvalue weighted by molar-refractivity contribution is 5.88. The van der Waals surface area contributed by atoms with Gasteiger partial charge in [0.05, 0.1) is 24.1 Å². The number of hydrogen-bond donors (Lipinski definition) is 1. The minimum absolute atomic E-state index is 0.0470. The molecule has 1 heterocycles. The van der Waals surface area contributed by atoms with E-state index in [0.717, 1.165) is 43.2 Å². The van der Waals surface area contributed by atoms with Crippen LogP contribution in [0.25, 0.3) is 11.0 Å². The van der Waals surface area contributed by atoms with E-state index in [1.807, 2.05) is 46.8 Å². The molecule has 1 fully saturated rings. The number of nitrogens with zero attached hydrogens (tertiary/aromatic N) is 3. The summed E-state index contributed by atoms with van der Waals surface area (Å²) in [6.45, 7) is 8.96. The lowest BCUT2D eigenvalue weighted by Crippen LogP contribution is -2.48. The maximum atomic E-state index is 13.4. The molecule has 8 heteroatoms. The maximum Gasteiger partial charge on any atom is 0.330 e. The number of rotatable bonds is 7. The van der Waals surface area contributed by atoms with Crippen LogP contribution >= 0.6 is 0 Å². The number of nitrogens with two attached hydrogens (primary N) is 1. The molecule has 2 aromatic rings. The van der Waals surface area contributed by atoms with Gasteiger partial charge in [0.25, 0.3) is 0 Å². The Morgan fingerprint density at radius 1 is 0.970 bits per heavy atom. The monoisotopic (exact) mass is 456 g/mol. The highest BCUT2D eigenvalue weighted by atomic mass is 16.2. The first kappa shape index (κ1) is 24.7. The second-order valence-corrected chi connectivity index (χ2v) is 10.3. The van der Waals surface area contributed by atoms with Gasteiger partial charge < -0.3 is 10.6 Å². The molecular formula is C25H36N4O4. The third-order valence-electron chi connectivity index (χ3n) is 6.73. The Labute approximate surface area is 194 Å². The molecule has 0 atom stereocenters. The summed E-state index contributed by atoms with van der Waals surface area (Å²) in [4.78, 5) is 52.8. The van der Waals surface area contributed by atoms with E-state index < -0.39 is 17.0 Å². The lowest BCUT2D eigenvalue weighted by molar-refractivity contribution is -0.138. The summed E-state index contributed by atoms with van der Waals surface area (Å²) < 4.78 is 2.89. The lowest BCUT2D eigenvalue weighted by Gasteiger charge is -2.33.